The van der Waals surface area contributed by atoms with Crippen LogP contribution in [0.15, 0.2) is 18.2 Å². The molecule has 2 unspecified atom stereocenters. The lowest BCUT2D eigenvalue weighted by Crippen LogP contribution is -2.37. The molecule has 2 atom stereocenters. The van der Waals surface area contributed by atoms with Gasteiger partial charge in [-0.05, 0) is 62.9 Å². The van der Waals surface area contributed by atoms with Crippen LogP contribution in [-0.4, -0.2) is 31.1 Å². The Labute approximate surface area is 130 Å². The minimum absolute atomic E-state index is 0.554. The Morgan fingerprint density at radius 2 is 1.95 bits per heavy atom. The zero-order chi connectivity index (χ0) is 15.4. The monoisotopic (exact) mass is 288 g/mol. The molecule has 21 heavy (non-hydrogen) atoms. The van der Waals surface area contributed by atoms with Gasteiger partial charge in [0.15, 0.2) is 0 Å². The number of nitrogens with zero attached hydrogens (tertiary/aromatic N) is 1. The first-order valence-corrected chi connectivity index (χ1v) is 8.50. The summed E-state index contributed by atoms with van der Waals surface area (Å²) in [6.45, 7) is 11.3. The molecule has 0 spiro atoms. The predicted octanol–water partition coefficient (Wildman–Crippen LogP) is 4.07. The first-order chi connectivity index (χ1) is 9.99. The van der Waals surface area contributed by atoms with E-state index in [4.69, 9.17) is 0 Å². The molecule has 0 aliphatic carbocycles. The van der Waals surface area contributed by atoms with Crippen molar-refractivity contribution in [3.8, 4) is 0 Å². The van der Waals surface area contributed by atoms with Gasteiger partial charge in [-0.25, -0.2) is 0 Å². The largest absolute Gasteiger partial charge is 0.314 e. The average Bonchev–Trinajstić information content (AvgIpc) is 2.61. The second-order valence-electron chi connectivity index (χ2n) is 7.09. The highest BCUT2D eigenvalue weighted by molar-refractivity contribution is 5.32. The molecule has 1 aliphatic rings. The van der Waals surface area contributed by atoms with Crippen LogP contribution in [0, 0.1) is 19.8 Å². The van der Waals surface area contributed by atoms with Gasteiger partial charge in [0.05, 0.1) is 0 Å². The van der Waals surface area contributed by atoms with E-state index in [1.165, 1.54) is 42.5 Å². The molecule has 1 aromatic rings. The Kier molecular flexibility index (Phi) is 5.83. The molecule has 118 valence electrons. The number of nitrogens with one attached hydrogen (secondary N) is 1. The van der Waals surface area contributed by atoms with E-state index in [1.54, 1.807) is 0 Å². The molecular formula is C19H32N2. The van der Waals surface area contributed by atoms with E-state index < -0.39 is 0 Å². The Bertz CT molecular complexity index is 453. The highest BCUT2D eigenvalue weighted by Crippen LogP contribution is 2.34. The number of benzene rings is 1. The van der Waals surface area contributed by atoms with E-state index in [1.807, 2.05) is 0 Å². The summed E-state index contributed by atoms with van der Waals surface area (Å²) in [7, 11) is 2.30. The molecule has 1 fully saturated rings. The third-order valence-corrected chi connectivity index (χ3v) is 4.92. The second kappa shape index (κ2) is 7.42. The minimum Gasteiger partial charge on any atom is -0.314 e. The number of rotatable bonds is 4. The van der Waals surface area contributed by atoms with Crippen LogP contribution >= 0.6 is 0 Å². The molecule has 0 bridgehead atoms. The number of hydrogen-bond donors (Lipinski definition) is 1. The summed E-state index contributed by atoms with van der Waals surface area (Å²) in [5.74, 6) is 0.710. The lowest BCUT2D eigenvalue weighted by atomic mass is 9.88. The van der Waals surface area contributed by atoms with Gasteiger partial charge in [-0.3, -0.25) is 4.90 Å². The van der Waals surface area contributed by atoms with Crippen molar-refractivity contribution in [1.29, 1.82) is 0 Å². The maximum absolute atomic E-state index is 3.66. The van der Waals surface area contributed by atoms with Crippen LogP contribution in [-0.2, 0) is 0 Å². The van der Waals surface area contributed by atoms with Crippen molar-refractivity contribution in [3.63, 3.8) is 0 Å². The van der Waals surface area contributed by atoms with Gasteiger partial charge >= 0.3 is 0 Å². The summed E-state index contributed by atoms with van der Waals surface area (Å²) in [4.78, 5) is 2.57. The van der Waals surface area contributed by atoms with Crippen LogP contribution < -0.4 is 5.32 Å². The van der Waals surface area contributed by atoms with E-state index in [9.17, 15) is 0 Å². The summed E-state index contributed by atoms with van der Waals surface area (Å²) >= 11 is 0. The molecule has 2 nitrogen and oxygen atoms in total. The van der Waals surface area contributed by atoms with Gasteiger partial charge in [0, 0.05) is 18.6 Å². The van der Waals surface area contributed by atoms with E-state index in [0.717, 1.165) is 6.54 Å². The van der Waals surface area contributed by atoms with Gasteiger partial charge < -0.3 is 5.32 Å². The molecule has 1 aromatic carbocycles. The van der Waals surface area contributed by atoms with Crippen molar-refractivity contribution in [1.82, 2.24) is 10.2 Å². The standard InChI is InChI=1S/C19H32N2/c1-14(2)20-13-18-8-6-7-11-21(5)19(18)17-10-9-15(3)16(4)12-17/h9-10,12,14,18-20H,6-8,11,13H2,1-5H3. The van der Waals surface area contributed by atoms with Crippen molar-refractivity contribution in [2.45, 2.75) is 59.0 Å². The fourth-order valence-corrected chi connectivity index (χ4v) is 3.50. The van der Waals surface area contributed by atoms with Crippen LogP contribution in [0.2, 0.25) is 0 Å². The first kappa shape index (κ1) is 16.5. The minimum atomic E-state index is 0.554. The van der Waals surface area contributed by atoms with E-state index in [2.05, 4.69) is 63.2 Å². The Balaban J connectivity index is 2.25. The summed E-state index contributed by atoms with van der Waals surface area (Å²) < 4.78 is 0. The molecule has 2 rings (SSSR count). The summed E-state index contributed by atoms with van der Waals surface area (Å²) in [5.41, 5.74) is 4.31. The molecule has 0 saturated carbocycles. The van der Waals surface area contributed by atoms with Crippen LogP contribution in [0.1, 0.15) is 55.8 Å². The molecule has 0 amide bonds. The maximum atomic E-state index is 3.66. The smallest absolute Gasteiger partial charge is 0.0385 e. The molecule has 0 aromatic heterocycles. The first-order valence-electron chi connectivity index (χ1n) is 8.50. The Hall–Kier alpha value is -0.860. The van der Waals surface area contributed by atoms with Crippen molar-refractivity contribution >= 4 is 0 Å². The van der Waals surface area contributed by atoms with Crippen LogP contribution in [0.4, 0.5) is 0 Å². The average molecular weight is 288 g/mol. The van der Waals surface area contributed by atoms with E-state index in [-0.39, 0.29) is 0 Å². The van der Waals surface area contributed by atoms with Gasteiger partial charge in [0.25, 0.3) is 0 Å². The molecule has 1 N–H and O–H groups in total. The number of hydrogen-bond acceptors (Lipinski definition) is 2. The van der Waals surface area contributed by atoms with Gasteiger partial charge in [-0.1, -0.05) is 38.5 Å². The fourth-order valence-electron chi connectivity index (χ4n) is 3.50. The molecular weight excluding hydrogens is 256 g/mol. The van der Waals surface area contributed by atoms with E-state index >= 15 is 0 Å². The summed E-state index contributed by atoms with van der Waals surface area (Å²) in [6.07, 6.45) is 4.02. The molecule has 2 heteroatoms. The van der Waals surface area contributed by atoms with Crippen molar-refractivity contribution in [3.05, 3.63) is 34.9 Å². The number of likely N-dealkylation sites (tertiary alicyclic amines) is 1. The summed E-state index contributed by atoms with van der Waals surface area (Å²) in [5, 5.41) is 3.66. The zero-order valence-electron chi connectivity index (χ0n) is 14.4. The normalized spacial score (nSPS) is 24.3. The zero-order valence-corrected chi connectivity index (χ0v) is 14.4. The maximum Gasteiger partial charge on any atom is 0.0385 e. The fraction of sp³-hybridized carbons (Fsp3) is 0.684. The van der Waals surface area contributed by atoms with Gasteiger partial charge in [-0.2, -0.15) is 0 Å². The predicted molar refractivity (Wildman–Crippen MR) is 91.8 cm³/mol. The number of aryl methyl sites for hydroxylation is 2. The molecule has 1 saturated heterocycles. The quantitative estimate of drug-likeness (QED) is 0.898. The highest BCUT2D eigenvalue weighted by Gasteiger charge is 2.29. The van der Waals surface area contributed by atoms with Gasteiger partial charge in [-0.15, -0.1) is 0 Å². The van der Waals surface area contributed by atoms with Gasteiger partial charge in [0.1, 0.15) is 0 Å². The van der Waals surface area contributed by atoms with E-state index in [0.29, 0.717) is 18.0 Å². The SMILES string of the molecule is Cc1ccc(C2C(CNC(C)C)CCCCN2C)cc1C. The molecule has 1 aliphatic heterocycles. The van der Waals surface area contributed by atoms with Crippen LogP contribution in [0.25, 0.3) is 0 Å². The van der Waals surface area contributed by atoms with Crippen molar-refractivity contribution in [2.75, 3.05) is 20.1 Å². The Morgan fingerprint density at radius 1 is 1.19 bits per heavy atom. The lowest BCUT2D eigenvalue weighted by molar-refractivity contribution is 0.187. The van der Waals surface area contributed by atoms with Crippen molar-refractivity contribution in [2.24, 2.45) is 5.92 Å². The highest BCUT2D eigenvalue weighted by atomic mass is 15.1. The van der Waals surface area contributed by atoms with Crippen molar-refractivity contribution < 1.29 is 0 Å². The second-order valence-corrected chi connectivity index (χ2v) is 7.09. The summed E-state index contributed by atoms with van der Waals surface area (Å²) in [6, 6.07) is 8.16. The third kappa shape index (κ3) is 4.31. The van der Waals surface area contributed by atoms with Crippen LogP contribution in [0.5, 0.6) is 0 Å². The van der Waals surface area contributed by atoms with Crippen LogP contribution in [0.3, 0.4) is 0 Å². The third-order valence-electron chi connectivity index (χ3n) is 4.92. The molecule has 0 radical (unpaired) electrons. The topological polar surface area (TPSA) is 15.3 Å². The lowest BCUT2D eigenvalue weighted by Gasteiger charge is -2.34. The Morgan fingerprint density at radius 3 is 2.62 bits per heavy atom. The van der Waals surface area contributed by atoms with Gasteiger partial charge in [0.2, 0.25) is 0 Å². The molecule has 1 heterocycles.